The molecule has 0 saturated heterocycles. The first-order valence-corrected chi connectivity index (χ1v) is 4.67. The number of allylic oxidation sites excluding steroid dienone is 1. The molecule has 13 heavy (non-hydrogen) atoms. The number of benzene rings is 1. The lowest BCUT2D eigenvalue weighted by Gasteiger charge is -2.11. The molecule has 0 aromatic heterocycles. The highest BCUT2D eigenvalue weighted by Gasteiger charge is 2.03. The minimum absolute atomic E-state index is 0.300. The Morgan fingerprint density at radius 1 is 1.54 bits per heavy atom. The lowest BCUT2D eigenvalue weighted by atomic mass is 10.1. The van der Waals surface area contributed by atoms with Crippen LogP contribution in [0.25, 0.3) is 0 Å². The van der Waals surface area contributed by atoms with E-state index in [9.17, 15) is 0 Å². The summed E-state index contributed by atoms with van der Waals surface area (Å²) in [6.45, 7) is 5.49. The van der Waals surface area contributed by atoms with Gasteiger partial charge in [0.15, 0.2) is 5.56 Å². The molecule has 0 fully saturated rings. The fourth-order valence-electron chi connectivity index (χ4n) is 1.12. The van der Waals surface area contributed by atoms with E-state index in [0.29, 0.717) is 0 Å². The van der Waals surface area contributed by atoms with E-state index in [2.05, 4.69) is 6.58 Å². The number of hydrogen-bond acceptors (Lipinski definition) is 1. The first kappa shape index (κ1) is 10.1. The molecule has 0 heterocycles. The van der Waals surface area contributed by atoms with Gasteiger partial charge in [-0.3, -0.25) is 0 Å². The number of ether oxygens (including phenoxy) is 1. The van der Waals surface area contributed by atoms with Gasteiger partial charge in [-0.15, -0.1) is 6.58 Å². The molecule has 70 valence electrons. The van der Waals surface area contributed by atoms with Gasteiger partial charge in [0.1, 0.15) is 5.75 Å². The van der Waals surface area contributed by atoms with E-state index in [1.54, 1.807) is 6.92 Å². The molecule has 0 bridgehead atoms. The summed E-state index contributed by atoms with van der Waals surface area (Å²) in [7, 11) is 0. The third-order valence-corrected chi connectivity index (χ3v) is 1.72. The summed E-state index contributed by atoms with van der Waals surface area (Å²) < 4.78 is 5.42. The van der Waals surface area contributed by atoms with Gasteiger partial charge in [-0.2, -0.15) is 0 Å². The second-order valence-electron chi connectivity index (χ2n) is 2.76. The minimum atomic E-state index is -0.300. The van der Waals surface area contributed by atoms with Crippen LogP contribution in [0.4, 0.5) is 0 Å². The molecule has 0 aliphatic heterocycles. The monoisotopic (exact) mass is 196 g/mol. The fourth-order valence-corrected chi connectivity index (χ4v) is 1.21. The van der Waals surface area contributed by atoms with Crippen molar-refractivity contribution in [3.63, 3.8) is 0 Å². The van der Waals surface area contributed by atoms with Gasteiger partial charge in [-0.05, 0) is 25.0 Å². The van der Waals surface area contributed by atoms with Crippen LogP contribution in [-0.2, 0) is 6.42 Å². The van der Waals surface area contributed by atoms with Gasteiger partial charge in [0.2, 0.25) is 0 Å². The smallest absolute Gasteiger partial charge is 0.169 e. The molecule has 0 radical (unpaired) electrons. The van der Waals surface area contributed by atoms with Gasteiger partial charge in [0.05, 0.1) is 0 Å². The van der Waals surface area contributed by atoms with Gasteiger partial charge in [-0.25, -0.2) is 0 Å². The summed E-state index contributed by atoms with van der Waals surface area (Å²) in [5.41, 5.74) is 0.816. The maximum absolute atomic E-state index is 5.74. The van der Waals surface area contributed by atoms with Crippen molar-refractivity contribution in [2.75, 3.05) is 0 Å². The van der Waals surface area contributed by atoms with Crippen LogP contribution in [0, 0.1) is 0 Å². The SMILES string of the molecule is C=CCc1ccccc1OC(C)Cl. The average Bonchev–Trinajstić information content (AvgIpc) is 2.08. The molecule has 0 saturated carbocycles. The zero-order chi connectivity index (χ0) is 9.68. The summed E-state index contributed by atoms with van der Waals surface area (Å²) in [5.74, 6) is 0.838. The number of hydrogen-bond donors (Lipinski definition) is 0. The zero-order valence-electron chi connectivity index (χ0n) is 7.66. The predicted octanol–water partition coefficient (Wildman–Crippen LogP) is 3.38. The topological polar surface area (TPSA) is 9.23 Å². The molecular formula is C11H13ClO. The standard InChI is InChI=1S/C11H13ClO/c1-3-6-10-7-4-5-8-11(10)13-9(2)12/h3-5,7-9H,1,6H2,2H3. The van der Waals surface area contributed by atoms with E-state index in [-0.39, 0.29) is 5.56 Å². The first-order chi connectivity index (χ1) is 6.24. The van der Waals surface area contributed by atoms with E-state index >= 15 is 0 Å². The second-order valence-corrected chi connectivity index (χ2v) is 3.38. The third kappa shape index (κ3) is 3.11. The maximum Gasteiger partial charge on any atom is 0.169 e. The fraction of sp³-hybridized carbons (Fsp3) is 0.273. The van der Waals surface area contributed by atoms with Crippen LogP contribution >= 0.6 is 11.6 Å². The molecule has 0 aliphatic carbocycles. The largest absolute Gasteiger partial charge is 0.475 e. The van der Waals surface area contributed by atoms with Gasteiger partial charge in [0.25, 0.3) is 0 Å². The predicted molar refractivity (Wildman–Crippen MR) is 56.3 cm³/mol. The van der Waals surface area contributed by atoms with Crippen molar-refractivity contribution >= 4 is 11.6 Å². The number of halogens is 1. The Morgan fingerprint density at radius 2 is 2.23 bits per heavy atom. The molecule has 1 aromatic rings. The first-order valence-electron chi connectivity index (χ1n) is 4.23. The van der Waals surface area contributed by atoms with Gasteiger partial charge < -0.3 is 4.74 Å². The third-order valence-electron chi connectivity index (χ3n) is 1.63. The van der Waals surface area contributed by atoms with Crippen molar-refractivity contribution in [1.82, 2.24) is 0 Å². The van der Waals surface area contributed by atoms with Crippen molar-refractivity contribution < 1.29 is 4.74 Å². The Morgan fingerprint density at radius 3 is 2.85 bits per heavy atom. The normalized spacial score (nSPS) is 12.2. The molecule has 2 heteroatoms. The molecular weight excluding hydrogens is 184 g/mol. The Balaban J connectivity index is 2.83. The van der Waals surface area contributed by atoms with Crippen LogP contribution in [0.3, 0.4) is 0 Å². The zero-order valence-corrected chi connectivity index (χ0v) is 8.42. The second kappa shape index (κ2) is 4.93. The maximum atomic E-state index is 5.74. The van der Waals surface area contributed by atoms with E-state index in [1.807, 2.05) is 30.3 Å². The molecule has 0 aliphatic rings. The minimum Gasteiger partial charge on any atom is -0.475 e. The summed E-state index contributed by atoms with van der Waals surface area (Å²) in [6.07, 6.45) is 2.65. The number of alkyl halides is 1. The van der Waals surface area contributed by atoms with Crippen LogP contribution in [0.15, 0.2) is 36.9 Å². The molecule has 1 aromatic carbocycles. The number of para-hydroxylation sites is 1. The van der Waals surface area contributed by atoms with E-state index in [0.717, 1.165) is 17.7 Å². The van der Waals surface area contributed by atoms with Gasteiger partial charge in [0, 0.05) is 0 Å². The molecule has 0 spiro atoms. The highest BCUT2D eigenvalue weighted by Crippen LogP contribution is 2.20. The Hall–Kier alpha value is -0.950. The summed E-state index contributed by atoms with van der Waals surface area (Å²) in [4.78, 5) is 0. The summed E-state index contributed by atoms with van der Waals surface area (Å²) in [6, 6.07) is 7.83. The van der Waals surface area contributed by atoms with Crippen LogP contribution in [0.2, 0.25) is 0 Å². The highest BCUT2D eigenvalue weighted by atomic mass is 35.5. The average molecular weight is 197 g/mol. The van der Waals surface area contributed by atoms with Gasteiger partial charge in [-0.1, -0.05) is 35.9 Å². The lowest BCUT2D eigenvalue weighted by molar-refractivity contribution is 0.298. The van der Waals surface area contributed by atoms with E-state index in [1.165, 1.54) is 0 Å². The van der Waals surface area contributed by atoms with Crippen molar-refractivity contribution in [3.05, 3.63) is 42.5 Å². The van der Waals surface area contributed by atoms with Crippen molar-refractivity contribution in [2.24, 2.45) is 0 Å². The van der Waals surface area contributed by atoms with Crippen LogP contribution in [-0.4, -0.2) is 5.56 Å². The van der Waals surface area contributed by atoms with Gasteiger partial charge >= 0.3 is 0 Å². The Kier molecular flexibility index (Phi) is 3.84. The molecule has 1 nitrogen and oxygen atoms in total. The Labute approximate surface area is 84.0 Å². The van der Waals surface area contributed by atoms with Crippen LogP contribution in [0.5, 0.6) is 5.75 Å². The summed E-state index contributed by atoms with van der Waals surface area (Å²) in [5, 5.41) is 0. The van der Waals surface area contributed by atoms with Crippen molar-refractivity contribution in [2.45, 2.75) is 18.9 Å². The van der Waals surface area contributed by atoms with Crippen LogP contribution < -0.4 is 4.74 Å². The number of rotatable bonds is 4. The Bertz CT molecular complexity index is 281. The van der Waals surface area contributed by atoms with Crippen LogP contribution in [0.1, 0.15) is 12.5 Å². The highest BCUT2D eigenvalue weighted by molar-refractivity contribution is 6.19. The molecule has 0 N–H and O–H groups in total. The van der Waals surface area contributed by atoms with Crippen molar-refractivity contribution in [1.29, 1.82) is 0 Å². The van der Waals surface area contributed by atoms with Crippen molar-refractivity contribution in [3.8, 4) is 5.75 Å². The lowest BCUT2D eigenvalue weighted by Crippen LogP contribution is -2.04. The molecule has 1 rings (SSSR count). The molecule has 1 unspecified atom stereocenters. The van der Waals surface area contributed by atoms with E-state index in [4.69, 9.17) is 16.3 Å². The summed E-state index contributed by atoms with van der Waals surface area (Å²) >= 11 is 5.74. The molecule has 1 atom stereocenters. The molecule has 0 amide bonds. The quantitative estimate of drug-likeness (QED) is 0.530. The van der Waals surface area contributed by atoms with E-state index < -0.39 is 0 Å².